The van der Waals surface area contributed by atoms with Crippen LogP contribution >= 0.6 is 0 Å². The predicted octanol–water partition coefficient (Wildman–Crippen LogP) is 1.12. The summed E-state index contributed by atoms with van der Waals surface area (Å²) in [4.78, 5) is 6.69. The molecule has 0 bridgehead atoms. The second kappa shape index (κ2) is 4.59. The number of aromatic nitrogens is 1. The minimum absolute atomic E-state index is 0.0135. The second-order valence-corrected chi connectivity index (χ2v) is 4.66. The Morgan fingerprint density at radius 2 is 2.44 bits per heavy atom. The van der Waals surface area contributed by atoms with Gasteiger partial charge in [0.05, 0.1) is 6.61 Å². The number of hydrogen-bond acceptors (Lipinski definition) is 5. The average Bonchev–Trinajstić information content (AvgIpc) is 2.82. The van der Waals surface area contributed by atoms with Crippen molar-refractivity contribution in [3.05, 3.63) is 23.8 Å². The summed E-state index contributed by atoms with van der Waals surface area (Å²) < 4.78 is 5.80. The maximum atomic E-state index is 9.30. The molecule has 18 heavy (non-hydrogen) atoms. The molecule has 1 aliphatic rings. The molecule has 0 spiro atoms. The van der Waals surface area contributed by atoms with E-state index in [0.717, 1.165) is 36.3 Å². The number of aliphatic hydroxyl groups excluding tert-OH is 1. The van der Waals surface area contributed by atoms with Crippen LogP contribution in [0.1, 0.15) is 12.5 Å². The second-order valence-electron chi connectivity index (χ2n) is 4.66. The normalized spacial score (nSPS) is 20.6. The van der Waals surface area contributed by atoms with Crippen molar-refractivity contribution < 1.29 is 9.52 Å². The highest BCUT2D eigenvalue weighted by atomic mass is 16.4. The Labute approximate surface area is 105 Å². The largest absolute Gasteiger partial charge is 0.423 e. The standard InChI is InChI=1S/C13H17N3O2/c1-9-7-14-5-6-16(9)13-15-12-10(8-17)3-2-4-11(12)18-13/h2-4,9,14,17H,5-8H2,1H3. The summed E-state index contributed by atoms with van der Waals surface area (Å²) in [5.41, 5.74) is 2.31. The van der Waals surface area contributed by atoms with Gasteiger partial charge in [-0.15, -0.1) is 0 Å². The van der Waals surface area contributed by atoms with Gasteiger partial charge in [-0.05, 0) is 13.0 Å². The van der Waals surface area contributed by atoms with Crippen molar-refractivity contribution in [2.24, 2.45) is 0 Å². The van der Waals surface area contributed by atoms with Crippen molar-refractivity contribution in [1.82, 2.24) is 10.3 Å². The zero-order chi connectivity index (χ0) is 12.5. The summed E-state index contributed by atoms with van der Waals surface area (Å²) in [5.74, 6) is 0. The van der Waals surface area contributed by atoms with Crippen molar-refractivity contribution in [3.63, 3.8) is 0 Å². The molecule has 1 fully saturated rings. The molecule has 1 aromatic carbocycles. The molecule has 0 radical (unpaired) electrons. The van der Waals surface area contributed by atoms with Gasteiger partial charge in [0.25, 0.3) is 6.01 Å². The minimum atomic E-state index is -0.0135. The van der Waals surface area contributed by atoms with Crippen molar-refractivity contribution in [2.45, 2.75) is 19.6 Å². The average molecular weight is 247 g/mol. The van der Waals surface area contributed by atoms with Crippen molar-refractivity contribution in [2.75, 3.05) is 24.5 Å². The molecule has 0 aliphatic carbocycles. The highest BCUT2D eigenvalue weighted by Gasteiger charge is 2.23. The molecule has 1 saturated heterocycles. The number of aliphatic hydroxyl groups is 1. The Hall–Kier alpha value is -1.59. The SMILES string of the molecule is CC1CNCCN1c1nc2c(CO)cccc2o1. The zero-order valence-electron chi connectivity index (χ0n) is 10.4. The number of hydrogen-bond donors (Lipinski definition) is 2. The summed E-state index contributed by atoms with van der Waals surface area (Å²) in [6.07, 6.45) is 0. The van der Waals surface area contributed by atoms with E-state index < -0.39 is 0 Å². The molecular weight excluding hydrogens is 230 g/mol. The molecule has 3 rings (SSSR count). The summed E-state index contributed by atoms with van der Waals surface area (Å²) in [6, 6.07) is 6.65. The molecule has 1 atom stereocenters. The van der Waals surface area contributed by atoms with E-state index in [4.69, 9.17) is 4.42 Å². The van der Waals surface area contributed by atoms with Crippen LogP contribution in [0.15, 0.2) is 22.6 Å². The van der Waals surface area contributed by atoms with Gasteiger partial charge in [-0.2, -0.15) is 4.98 Å². The molecule has 2 aromatic rings. The van der Waals surface area contributed by atoms with E-state index in [2.05, 4.69) is 22.1 Å². The number of fused-ring (bicyclic) bond motifs is 1. The van der Waals surface area contributed by atoms with Crippen LogP contribution in [-0.4, -0.2) is 35.8 Å². The molecule has 5 nitrogen and oxygen atoms in total. The molecule has 1 aliphatic heterocycles. The first kappa shape index (κ1) is 11.5. The molecule has 5 heteroatoms. The lowest BCUT2D eigenvalue weighted by Crippen LogP contribution is -2.50. The smallest absolute Gasteiger partial charge is 0.298 e. The van der Waals surface area contributed by atoms with Crippen molar-refractivity contribution >= 4 is 17.1 Å². The Morgan fingerprint density at radius 1 is 1.56 bits per heavy atom. The van der Waals surface area contributed by atoms with Crippen molar-refractivity contribution in [1.29, 1.82) is 0 Å². The van der Waals surface area contributed by atoms with Gasteiger partial charge < -0.3 is 19.7 Å². The first-order chi connectivity index (χ1) is 8.79. The quantitative estimate of drug-likeness (QED) is 0.832. The predicted molar refractivity (Wildman–Crippen MR) is 69.6 cm³/mol. The van der Waals surface area contributed by atoms with Gasteiger partial charge in [0.2, 0.25) is 0 Å². The molecule has 2 N–H and O–H groups in total. The van der Waals surface area contributed by atoms with Crippen LogP contribution < -0.4 is 10.2 Å². The first-order valence-corrected chi connectivity index (χ1v) is 6.26. The number of nitrogens with one attached hydrogen (secondary N) is 1. The number of rotatable bonds is 2. The third kappa shape index (κ3) is 1.85. The van der Waals surface area contributed by atoms with Gasteiger partial charge in [0, 0.05) is 31.2 Å². The number of nitrogens with zero attached hydrogens (tertiary/aromatic N) is 2. The number of para-hydroxylation sites is 1. The van der Waals surface area contributed by atoms with Gasteiger partial charge >= 0.3 is 0 Å². The van der Waals surface area contributed by atoms with Gasteiger partial charge in [-0.3, -0.25) is 0 Å². The summed E-state index contributed by atoms with van der Waals surface area (Å²) in [7, 11) is 0. The molecule has 2 heterocycles. The zero-order valence-corrected chi connectivity index (χ0v) is 10.4. The summed E-state index contributed by atoms with van der Waals surface area (Å²) in [6.45, 7) is 4.90. The lowest BCUT2D eigenvalue weighted by molar-refractivity contribution is 0.283. The third-order valence-corrected chi connectivity index (χ3v) is 3.41. The van der Waals surface area contributed by atoms with Crippen LogP contribution in [0.2, 0.25) is 0 Å². The fraction of sp³-hybridized carbons (Fsp3) is 0.462. The summed E-state index contributed by atoms with van der Waals surface area (Å²) in [5, 5.41) is 12.6. The lowest BCUT2D eigenvalue weighted by Gasteiger charge is -2.32. The van der Waals surface area contributed by atoms with E-state index in [-0.39, 0.29) is 6.61 Å². The number of oxazole rings is 1. The molecule has 1 aromatic heterocycles. The molecule has 1 unspecified atom stereocenters. The first-order valence-electron chi connectivity index (χ1n) is 6.26. The van der Waals surface area contributed by atoms with E-state index in [1.54, 1.807) is 0 Å². The van der Waals surface area contributed by atoms with E-state index >= 15 is 0 Å². The van der Waals surface area contributed by atoms with Crippen LogP contribution in [0.3, 0.4) is 0 Å². The van der Waals surface area contributed by atoms with E-state index in [1.807, 2.05) is 18.2 Å². The molecular formula is C13H17N3O2. The molecule has 0 amide bonds. The van der Waals surface area contributed by atoms with Crippen LogP contribution in [-0.2, 0) is 6.61 Å². The number of benzene rings is 1. The van der Waals surface area contributed by atoms with Crippen LogP contribution in [0.4, 0.5) is 6.01 Å². The monoisotopic (exact) mass is 247 g/mol. The molecule has 96 valence electrons. The Balaban J connectivity index is 2.02. The Bertz CT molecular complexity index is 552. The topological polar surface area (TPSA) is 61.5 Å². The van der Waals surface area contributed by atoms with Crippen molar-refractivity contribution in [3.8, 4) is 0 Å². The highest BCUT2D eigenvalue weighted by Crippen LogP contribution is 2.26. The third-order valence-electron chi connectivity index (χ3n) is 3.41. The van der Waals surface area contributed by atoms with Crippen LogP contribution in [0.25, 0.3) is 11.1 Å². The molecule has 0 saturated carbocycles. The Morgan fingerprint density at radius 3 is 3.22 bits per heavy atom. The fourth-order valence-corrected chi connectivity index (χ4v) is 2.37. The van der Waals surface area contributed by atoms with E-state index in [9.17, 15) is 5.11 Å². The number of piperazine rings is 1. The van der Waals surface area contributed by atoms with Gasteiger partial charge in [-0.25, -0.2) is 0 Å². The lowest BCUT2D eigenvalue weighted by atomic mass is 10.2. The van der Waals surface area contributed by atoms with Gasteiger partial charge in [0.15, 0.2) is 5.58 Å². The maximum Gasteiger partial charge on any atom is 0.298 e. The Kier molecular flexibility index (Phi) is 2.93. The van der Waals surface area contributed by atoms with Gasteiger partial charge in [0.1, 0.15) is 5.52 Å². The fourth-order valence-electron chi connectivity index (χ4n) is 2.37. The maximum absolute atomic E-state index is 9.30. The van der Waals surface area contributed by atoms with Gasteiger partial charge in [-0.1, -0.05) is 12.1 Å². The number of anilines is 1. The summed E-state index contributed by atoms with van der Waals surface area (Å²) >= 11 is 0. The highest BCUT2D eigenvalue weighted by molar-refractivity contribution is 5.78. The minimum Gasteiger partial charge on any atom is -0.423 e. The van der Waals surface area contributed by atoms with Crippen LogP contribution in [0, 0.1) is 0 Å². The van der Waals surface area contributed by atoms with Crippen LogP contribution in [0.5, 0.6) is 0 Å². The van der Waals surface area contributed by atoms with E-state index in [1.165, 1.54) is 0 Å². The van der Waals surface area contributed by atoms with E-state index in [0.29, 0.717) is 12.1 Å².